The van der Waals surface area contributed by atoms with Crippen molar-refractivity contribution in [3.8, 4) is 0 Å². The highest BCUT2D eigenvalue weighted by molar-refractivity contribution is 5.37. The number of rotatable bonds is 0. The molecule has 1 heteroatoms. The highest BCUT2D eigenvalue weighted by atomic mass is 14.7. The number of aromatic nitrogens is 1. The number of fused-ring (bicyclic) bond motifs is 5. The van der Waals surface area contributed by atoms with Crippen LogP contribution in [-0.2, 0) is 0 Å². The Morgan fingerprint density at radius 1 is 1.25 bits per heavy atom. The summed E-state index contributed by atoms with van der Waals surface area (Å²) in [6.45, 7) is 2.09. The molecule has 2 bridgehead atoms. The van der Waals surface area contributed by atoms with Crippen molar-refractivity contribution in [1.82, 2.24) is 4.98 Å². The van der Waals surface area contributed by atoms with Crippen LogP contribution < -0.4 is 0 Å². The molecule has 0 amide bonds. The number of hydrogen-bond acceptors (Lipinski definition) is 1. The van der Waals surface area contributed by atoms with Gasteiger partial charge in [0.25, 0.3) is 0 Å². The van der Waals surface area contributed by atoms with Crippen LogP contribution in [0.15, 0.2) is 12.1 Å². The zero-order valence-corrected chi connectivity index (χ0v) is 7.38. The average molecular weight is 159 g/mol. The Morgan fingerprint density at radius 2 is 2.08 bits per heavy atom. The van der Waals surface area contributed by atoms with Gasteiger partial charge in [-0.25, -0.2) is 0 Å². The first-order valence-corrected chi connectivity index (χ1v) is 4.82. The summed E-state index contributed by atoms with van der Waals surface area (Å²) < 4.78 is 0. The molecule has 1 fully saturated rings. The van der Waals surface area contributed by atoms with Gasteiger partial charge in [-0.05, 0) is 43.7 Å². The lowest BCUT2D eigenvalue weighted by molar-refractivity contribution is 0.694. The van der Waals surface area contributed by atoms with E-state index in [4.69, 9.17) is 0 Å². The molecule has 0 aromatic carbocycles. The Balaban J connectivity index is 2.20. The van der Waals surface area contributed by atoms with Gasteiger partial charge >= 0.3 is 0 Å². The van der Waals surface area contributed by atoms with Crippen LogP contribution in [0, 0.1) is 6.92 Å². The minimum absolute atomic E-state index is 0.810. The van der Waals surface area contributed by atoms with Gasteiger partial charge < -0.3 is 0 Å². The molecule has 1 aromatic rings. The summed E-state index contributed by atoms with van der Waals surface area (Å²) in [5, 5.41) is 0. The van der Waals surface area contributed by atoms with Gasteiger partial charge in [-0.15, -0.1) is 0 Å². The quantitative estimate of drug-likeness (QED) is 0.567. The molecule has 0 spiro atoms. The summed E-state index contributed by atoms with van der Waals surface area (Å²) in [6.07, 6.45) is 4.17. The minimum atomic E-state index is 0.810. The highest BCUT2D eigenvalue weighted by Crippen LogP contribution is 2.51. The second-order valence-corrected chi connectivity index (χ2v) is 4.13. The van der Waals surface area contributed by atoms with Crippen molar-refractivity contribution in [3.63, 3.8) is 0 Å². The van der Waals surface area contributed by atoms with Gasteiger partial charge in [-0.1, -0.05) is 6.07 Å². The standard InChI is InChI=1S/C11H13N/c1-7-2-5-10-8-3-4-9(6-8)11(10)12-7/h2,5,8-9H,3-4,6H2,1H3. The molecule has 2 unspecified atom stereocenters. The van der Waals surface area contributed by atoms with Crippen molar-refractivity contribution < 1.29 is 0 Å². The van der Waals surface area contributed by atoms with Crippen LogP contribution in [0.3, 0.4) is 0 Å². The molecule has 1 heterocycles. The summed E-state index contributed by atoms with van der Waals surface area (Å²) in [4.78, 5) is 4.64. The monoisotopic (exact) mass is 159 g/mol. The molecule has 2 aliphatic rings. The Hall–Kier alpha value is -0.850. The molecule has 12 heavy (non-hydrogen) atoms. The third-order valence-corrected chi connectivity index (χ3v) is 3.36. The Bertz CT molecular complexity index is 330. The van der Waals surface area contributed by atoms with E-state index in [-0.39, 0.29) is 0 Å². The van der Waals surface area contributed by atoms with Crippen molar-refractivity contribution in [2.75, 3.05) is 0 Å². The maximum absolute atomic E-state index is 4.64. The van der Waals surface area contributed by atoms with E-state index in [0.29, 0.717) is 0 Å². The predicted molar refractivity (Wildman–Crippen MR) is 48.3 cm³/mol. The van der Waals surface area contributed by atoms with E-state index in [0.717, 1.165) is 11.8 Å². The van der Waals surface area contributed by atoms with Crippen molar-refractivity contribution in [1.29, 1.82) is 0 Å². The van der Waals surface area contributed by atoms with Crippen LogP contribution in [0.25, 0.3) is 0 Å². The second kappa shape index (κ2) is 2.09. The van der Waals surface area contributed by atoms with Gasteiger partial charge in [-0.2, -0.15) is 0 Å². The molecule has 0 aliphatic heterocycles. The van der Waals surface area contributed by atoms with Crippen molar-refractivity contribution in [2.24, 2.45) is 0 Å². The van der Waals surface area contributed by atoms with Crippen molar-refractivity contribution in [2.45, 2.75) is 38.0 Å². The van der Waals surface area contributed by atoms with Crippen molar-refractivity contribution in [3.05, 3.63) is 29.1 Å². The van der Waals surface area contributed by atoms with E-state index in [1.165, 1.54) is 30.7 Å². The van der Waals surface area contributed by atoms with Gasteiger partial charge in [0.2, 0.25) is 0 Å². The van der Waals surface area contributed by atoms with E-state index >= 15 is 0 Å². The number of aryl methyl sites for hydroxylation is 1. The van der Waals surface area contributed by atoms with Gasteiger partial charge in [0.15, 0.2) is 0 Å². The van der Waals surface area contributed by atoms with Gasteiger partial charge in [0.1, 0.15) is 0 Å². The van der Waals surface area contributed by atoms with Gasteiger partial charge in [0.05, 0.1) is 0 Å². The largest absolute Gasteiger partial charge is 0.258 e. The third-order valence-electron chi connectivity index (χ3n) is 3.36. The van der Waals surface area contributed by atoms with E-state index in [1.807, 2.05) is 0 Å². The van der Waals surface area contributed by atoms with Crippen molar-refractivity contribution >= 4 is 0 Å². The number of pyridine rings is 1. The normalized spacial score (nSPS) is 30.8. The molecular formula is C11H13N. The lowest BCUT2D eigenvalue weighted by atomic mass is 9.96. The molecule has 3 rings (SSSR count). The topological polar surface area (TPSA) is 12.9 Å². The van der Waals surface area contributed by atoms with Crippen LogP contribution in [0.4, 0.5) is 0 Å². The Morgan fingerprint density at radius 3 is 3.00 bits per heavy atom. The third kappa shape index (κ3) is 0.715. The molecule has 0 radical (unpaired) electrons. The fourth-order valence-corrected chi connectivity index (χ4v) is 2.77. The molecule has 2 aliphatic carbocycles. The average Bonchev–Trinajstić information content (AvgIpc) is 2.63. The first kappa shape index (κ1) is 6.64. The zero-order chi connectivity index (χ0) is 8.13. The second-order valence-electron chi connectivity index (χ2n) is 4.13. The molecule has 1 nitrogen and oxygen atoms in total. The molecule has 62 valence electrons. The predicted octanol–water partition coefficient (Wildman–Crippen LogP) is 2.75. The summed E-state index contributed by atoms with van der Waals surface area (Å²) in [5.74, 6) is 1.67. The SMILES string of the molecule is Cc1ccc2c(n1)C1CCC2C1. The molecule has 0 N–H and O–H groups in total. The van der Waals surface area contributed by atoms with Crippen LogP contribution in [0.5, 0.6) is 0 Å². The van der Waals surface area contributed by atoms with E-state index in [1.54, 1.807) is 5.56 Å². The summed E-state index contributed by atoms with van der Waals surface area (Å²) >= 11 is 0. The minimum Gasteiger partial charge on any atom is -0.258 e. The summed E-state index contributed by atoms with van der Waals surface area (Å²) in [7, 11) is 0. The molecule has 1 aromatic heterocycles. The number of hydrogen-bond donors (Lipinski definition) is 0. The fourth-order valence-electron chi connectivity index (χ4n) is 2.77. The number of nitrogens with zero attached hydrogens (tertiary/aromatic N) is 1. The van der Waals surface area contributed by atoms with Gasteiger partial charge in [-0.3, -0.25) is 4.98 Å². The maximum Gasteiger partial charge on any atom is 0.0472 e. The highest BCUT2D eigenvalue weighted by Gasteiger charge is 2.37. The fraction of sp³-hybridized carbons (Fsp3) is 0.545. The zero-order valence-electron chi connectivity index (χ0n) is 7.38. The molecule has 1 saturated carbocycles. The molecule has 2 atom stereocenters. The van der Waals surface area contributed by atoms with Gasteiger partial charge in [0, 0.05) is 17.3 Å². The van der Waals surface area contributed by atoms with E-state index in [2.05, 4.69) is 24.0 Å². The first-order valence-electron chi connectivity index (χ1n) is 4.82. The summed E-state index contributed by atoms with van der Waals surface area (Å²) in [5.41, 5.74) is 4.16. The lowest BCUT2D eigenvalue weighted by Crippen LogP contribution is -2.01. The first-order chi connectivity index (χ1) is 5.84. The van der Waals surface area contributed by atoms with Crippen LogP contribution in [0.1, 0.15) is 48.0 Å². The molecule has 0 saturated heterocycles. The Labute approximate surface area is 72.8 Å². The Kier molecular flexibility index (Phi) is 1.16. The summed E-state index contributed by atoms with van der Waals surface area (Å²) in [6, 6.07) is 4.45. The van der Waals surface area contributed by atoms with Crippen LogP contribution in [0.2, 0.25) is 0 Å². The lowest BCUT2D eigenvalue weighted by Gasteiger charge is -2.13. The molecular weight excluding hydrogens is 146 g/mol. The van der Waals surface area contributed by atoms with E-state index < -0.39 is 0 Å². The van der Waals surface area contributed by atoms with Crippen LogP contribution in [-0.4, -0.2) is 4.98 Å². The maximum atomic E-state index is 4.64. The smallest absolute Gasteiger partial charge is 0.0472 e. The van der Waals surface area contributed by atoms with E-state index in [9.17, 15) is 0 Å². The van der Waals surface area contributed by atoms with Crippen LogP contribution >= 0.6 is 0 Å².